The molecule has 2 aliphatic rings. The highest BCUT2D eigenvalue weighted by Gasteiger charge is 2.56. The van der Waals surface area contributed by atoms with Crippen LogP contribution in [0.25, 0.3) is 0 Å². The summed E-state index contributed by atoms with van der Waals surface area (Å²) in [5.74, 6) is -1.08. The lowest BCUT2D eigenvalue weighted by molar-refractivity contribution is -0.385. The number of urea groups is 1. The number of hydrogen-bond acceptors (Lipinski definition) is 6. The first kappa shape index (κ1) is 17.8. The highest BCUT2D eigenvalue weighted by atomic mass is 16.6. The Morgan fingerprint density at radius 2 is 2.15 bits per heavy atom. The quantitative estimate of drug-likeness (QED) is 0.358. The molecule has 2 atom stereocenters. The predicted molar refractivity (Wildman–Crippen MR) is 89.0 cm³/mol. The molecular formula is C17H19N3O6. The Hall–Kier alpha value is -2.97. The number of nitrogens with zero attached hydrogens (tertiary/aromatic N) is 2. The van der Waals surface area contributed by atoms with E-state index in [0.717, 1.165) is 17.7 Å². The second-order valence-corrected chi connectivity index (χ2v) is 6.78. The standard InChI is InChI=1S/C17H19N3O6/c1-10(11-4-3-5-13(8-11)20(24)25)26-14(21)9-19-15(22)17(2,12-6-7-12)18-16(19)23/h3-5,8,10,12H,6-7,9H2,1-2H3,(H,18,23)/t10-,17+/m0/s1. The number of nitrogens with one attached hydrogen (secondary N) is 1. The van der Waals surface area contributed by atoms with Crippen molar-refractivity contribution >= 4 is 23.6 Å². The zero-order valence-corrected chi connectivity index (χ0v) is 14.4. The van der Waals surface area contributed by atoms with Gasteiger partial charge in [0, 0.05) is 12.1 Å². The van der Waals surface area contributed by atoms with Crippen molar-refractivity contribution in [1.82, 2.24) is 10.2 Å². The van der Waals surface area contributed by atoms with Gasteiger partial charge in [0.1, 0.15) is 18.2 Å². The molecule has 0 unspecified atom stereocenters. The molecule has 138 valence electrons. The van der Waals surface area contributed by atoms with Crippen LogP contribution >= 0.6 is 0 Å². The molecule has 1 heterocycles. The molecule has 1 aromatic rings. The van der Waals surface area contributed by atoms with Crippen LogP contribution in [0, 0.1) is 16.0 Å². The first-order chi connectivity index (χ1) is 12.2. The lowest BCUT2D eigenvalue weighted by Gasteiger charge is -2.21. The molecule has 1 N–H and O–H groups in total. The van der Waals surface area contributed by atoms with E-state index in [1.165, 1.54) is 18.2 Å². The molecule has 3 amide bonds. The summed E-state index contributed by atoms with van der Waals surface area (Å²) in [5.41, 5.74) is -0.615. The number of hydrogen-bond donors (Lipinski definition) is 1. The Labute approximate surface area is 149 Å². The molecule has 0 aromatic heterocycles. The van der Waals surface area contributed by atoms with Crippen molar-refractivity contribution in [1.29, 1.82) is 0 Å². The van der Waals surface area contributed by atoms with E-state index in [1.807, 2.05) is 0 Å². The fraction of sp³-hybridized carbons (Fsp3) is 0.471. The van der Waals surface area contributed by atoms with Crippen molar-refractivity contribution in [3.8, 4) is 0 Å². The van der Waals surface area contributed by atoms with Crippen molar-refractivity contribution in [2.75, 3.05) is 6.54 Å². The summed E-state index contributed by atoms with van der Waals surface area (Å²) >= 11 is 0. The summed E-state index contributed by atoms with van der Waals surface area (Å²) in [6.45, 7) is 2.74. The summed E-state index contributed by atoms with van der Waals surface area (Å²) in [4.78, 5) is 47.9. The van der Waals surface area contributed by atoms with Crippen molar-refractivity contribution in [2.24, 2.45) is 5.92 Å². The van der Waals surface area contributed by atoms with Crippen LogP contribution in [-0.4, -0.2) is 39.8 Å². The molecule has 1 saturated carbocycles. The summed E-state index contributed by atoms with van der Waals surface area (Å²) in [6, 6.07) is 5.14. The van der Waals surface area contributed by atoms with Gasteiger partial charge in [-0.25, -0.2) is 4.79 Å². The van der Waals surface area contributed by atoms with E-state index in [0.29, 0.717) is 5.56 Å². The SMILES string of the molecule is C[C@H](OC(=O)CN1C(=O)N[C@](C)(C2CC2)C1=O)c1cccc([N+](=O)[O-])c1. The average molecular weight is 361 g/mol. The van der Waals surface area contributed by atoms with Crippen molar-refractivity contribution in [3.63, 3.8) is 0 Å². The van der Waals surface area contributed by atoms with Crippen LogP contribution in [0.15, 0.2) is 24.3 Å². The Morgan fingerprint density at radius 1 is 1.46 bits per heavy atom. The predicted octanol–water partition coefficient (Wildman–Crippen LogP) is 1.92. The van der Waals surface area contributed by atoms with E-state index in [9.17, 15) is 24.5 Å². The van der Waals surface area contributed by atoms with Gasteiger partial charge in [0.25, 0.3) is 11.6 Å². The van der Waals surface area contributed by atoms with Crippen LogP contribution in [0.5, 0.6) is 0 Å². The van der Waals surface area contributed by atoms with Gasteiger partial charge in [-0.05, 0) is 38.2 Å². The number of amides is 3. The highest BCUT2D eigenvalue weighted by Crippen LogP contribution is 2.42. The largest absolute Gasteiger partial charge is 0.456 e. The van der Waals surface area contributed by atoms with E-state index >= 15 is 0 Å². The average Bonchev–Trinajstić information content (AvgIpc) is 3.41. The number of imide groups is 1. The third-order valence-electron chi connectivity index (χ3n) is 4.84. The van der Waals surface area contributed by atoms with E-state index < -0.39 is 41.0 Å². The molecule has 1 aliphatic carbocycles. The van der Waals surface area contributed by atoms with Gasteiger partial charge < -0.3 is 10.1 Å². The summed E-state index contributed by atoms with van der Waals surface area (Å²) in [6.07, 6.45) is 0.980. The van der Waals surface area contributed by atoms with Crippen molar-refractivity contribution in [2.45, 2.75) is 38.3 Å². The minimum atomic E-state index is -0.955. The first-order valence-electron chi connectivity index (χ1n) is 8.30. The number of rotatable bonds is 6. The van der Waals surface area contributed by atoms with E-state index in [-0.39, 0.29) is 11.6 Å². The lowest BCUT2D eigenvalue weighted by Crippen LogP contribution is -2.46. The summed E-state index contributed by atoms with van der Waals surface area (Å²) in [7, 11) is 0. The Balaban J connectivity index is 1.63. The lowest BCUT2D eigenvalue weighted by atomic mass is 9.96. The third kappa shape index (κ3) is 3.24. The Kier molecular flexibility index (Phi) is 4.39. The monoisotopic (exact) mass is 361 g/mol. The Bertz CT molecular complexity index is 790. The molecule has 9 heteroatoms. The van der Waals surface area contributed by atoms with Gasteiger partial charge in [-0.1, -0.05) is 12.1 Å². The summed E-state index contributed by atoms with van der Waals surface area (Å²) in [5, 5.41) is 13.5. The van der Waals surface area contributed by atoms with Gasteiger partial charge in [0.2, 0.25) is 0 Å². The fourth-order valence-corrected chi connectivity index (χ4v) is 3.12. The van der Waals surface area contributed by atoms with Crippen molar-refractivity contribution < 1.29 is 24.0 Å². The highest BCUT2D eigenvalue weighted by molar-refractivity contribution is 6.08. The number of carbonyl (C=O) groups excluding carboxylic acids is 3. The van der Waals surface area contributed by atoms with Crippen LogP contribution in [-0.2, 0) is 14.3 Å². The number of benzene rings is 1. The minimum absolute atomic E-state index is 0.101. The maximum Gasteiger partial charge on any atom is 0.326 e. The molecule has 1 aliphatic heterocycles. The number of non-ortho nitro benzene ring substituents is 1. The molecule has 0 radical (unpaired) electrons. The Morgan fingerprint density at radius 3 is 2.77 bits per heavy atom. The van der Waals surface area contributed by atoms with E-state index in [2.05, 4.69) is 5.32 Å². The van der Waals surface area contributed by atoms with Crippen molar-refractivity contribution in [3.05, 3.63) is 39.9 Å². The van der Waals surface area contributed by atoms with Gasteiger partial charge in [0.15, 0.2) is 0 Å². The van der Waals surface area contributed by atoms with Gasteiger partial charge in [-0.3, -0.25) is 24.6 Å². The van der Waals surface area contributed by atoms with Gasteiger partial charge >= 0.3 is 12.0 Å². The number of ether oxygens (including phenoxy) is 1. The van der Waals surface area contributed by atoms with Crippen LogP contribution in [0.1, 0.15) is 38.4 Å². The van der Waals surface area contributed by atoms with Gasteiger partial charge in [0.05, 0.1) is 4.92 Å². The van der Waals surface area contributed by atoms with Crippen LogP contribution in [0.2, 0.25) is 0 Å². The topological polar surface area (TPSA) is 119 Å². The molecule has 0 bridgehead atoms. The molecular weight excluding hydrogens is 342 g/mol. The van der Waals surface area contributed by atoms with E-state index in [1.54, 1.807) is 19.9 Å². The molecule has 3 rings (SSSR count). The van der Waals surface area contributed by atoms with Gasteiger partial charge in [-0.2, -0.15) is 0 Å². The zero-order chi connectivity index (χ0) is 19.1. The molecule has 26 heavy (non-hydrogen) atoms. The molecule has 9 nitrogen and oxygen atoms in total. The number of esters is 1. The van der Waals surface area contributed by atoms with Crippen LogP contribution in [0.4, 0.5) is 10.5 Å². The van der Waals surface area contributed by atoms with Gasteiger partial charge in [-0.15, -0.1) is 0 Å². The number of nitro groups is 1. The second kappa shape index (κ2) is 6.40. The normalized spacial score (nSPS) is 23.5. The molecule has 0 spiro atoms. The van der Waals surface area contributed by atoms with Crippen LogP contribution < -0.4 is 5.32 Å². The van der Waals surface area contributed by atoms with Crippen LogP contribution in [0.3, 0.4) is 0 Å². The zero-order valence-electron chi connectivity index (χ0n) is 14.4. The molecule has 1 saturated heterocycles. The minimum Gasteiger partial charge on any atom is -0.456 e. The fourth-order valence-electron chi connectivity index (χ4n) is 3.12. The first-order valence-corrected chi connectivity index (χ1v) is 8.30. The third-order valence-corrected chi connectivity index (χ3v) is 4.84. The summed E-state index contributed by atoms with van der Waals surface area (Å²) < 4.78 is 5.24. The van der Waals surface area contributed by atoms with E-state index in [4.69, 9.17) is 4.74 Å². The second-order valence-electron chi connectivity index (χ2n) is 6.78. The number of nitro benzene ring substituents is 1. The number of carbonyl (C=O) groups is 3. The molecule has 2 fully saturated rings. The maximum absolute atomic E-state index is 12.5. The maximum atomic E-state index is 12.5. The molecule has 1 aromatic carbocycles. The smallest absolute Gasteiger partial charge is 0.326 e.